The first-order valence-electron chi connectivity index (χ1n) is 6.89. The quantitative estimate of drug-likeness (QED) is 0.849. The van der Waals surface area contributed by atoms with E-state index in [-0.39, 0.29) is 5.91 Å². The number of aromatic nitrogens is 4. The van der Waals surface area contributed by atoms with Gasteiger partial charge in [0.2, 0.25) is 11.7 Å². The van der Waals surface area contributed by atoms with Crippen molar-refractivity contribution in [3.8, 4) is 11.4 Å². The summed E-state index contributed by atoms with van der Waals surface area (Å²) in [6, 6.07) is 9.23. The van der Waals surface area contributed by atoms with Crippen LogP contribution < -0.4 is 0 Å². The summed E-state index contributed by atoms with van der Waals surface area (Å²) in [5.74, 6) is 0.617. The number of tetrazole rings is 1. The summed E-state index contributed by atoms with van der Waals surface area (Å²) in [6.07, 6.45) is 2.16. The summed E-state index contributed by atoms with van der Waals surface area (Å²) in [7, 11) is 0. The van der Waals surface area contributed by atoms with Crippen molar-refractivity contribution in [3.05, 3.63) is 30.3 Å². The molecule has 104 valence electrons. The van der Waals surface area contributed by atoms with Crippen LogP contribution in [0.1, 0.15) is 25.8 Å². The highest BCUT2D eigenvalue weighted by Gasteiger charge is 2.26. The van der Waals surface area contributed by atoms with Gasteiger partial charge in [-0.05, 0) is 25.0 Å². The Morgan fingerprint density at radius 2 is 1.90 bits per heavy atom. The van der Waals surface area contributed by atoms with Crippen molar-refractivity contribution in [2.45, 2.75) is 25.8 Å². The highest BCUT2D eigenvalue weighted by atomic mass is 16.2. The molecule has 1 unspecified atom stereocenters. The molecule has 1 aliphatic rings. The van der Waals surface area contributed by atoms with Crippen LogP contribution in [0.15, 0.2) is 30.3 Å². The second kappa shape index (κ2) is 5.40. The minimum Gasteiger partial charge on any atom is -0.341 e. The number of benzene rings is 1. The molecule has 3 rings (SSSR count). The molecule has 2 aromatic rings. The molecular weight excluding hydrogens is 254 g/mol. The Balaban J connectivity index is 1.77. The minimum absolute atomic E-state index is 0.0690. The van der Waals surface area contributed by atoms with Crippen molar-refractivity contribution < 1.29 is 4.79 Å². The summed E-state index contributed by atoms with van der Waals surface area (Å²) in [6.45, 7) is 3.49. The van der Waals surface area contributed by atoms with E-state index in [0.717, 1.165) is 31.5 Å². The average molecular weight is 271 g/mol. The van der Waals surface area contributed by atoms with E-state index in [1.54, 1.807) is 0 Å². The molecule has 1 atom stereocenters. The maximum absolute atomic E-state index is 12.3. The van der Waals surface area contributed by atoms with Gasteiger partial charge in [-0.2, -0.15) is 4.80 Å². The van der Waals surface area contributed by atoms with Gasteiger partial charge < -0.3 is 4.90 Å². The van der Waals surface area contributed by atoms with Crippen molar-refractivity contribution >= 4 is 5.91 Å². The molecular formula is C14H17N5O. The summed E-state index contributed by atoms with van der Waals surface area (Å²) in [5, 5.41) is 12.4. The van der Waals surface area contributed by atoms with Gasteiger partial charge in [0, 0.05) is 18.7 Å². The van der Waals surface area contributed by atoms with Gasteiger partial charge >= 0.3 is 0 Å². The molecule has 0 saturated carbocycles. The number of carbonyl (C=O) groups is 1. The van der Waals surface area contributed by atoms with Crippen molar-refractivity contribution in [2.24, 2.45) is 0 Å². The predicted molar refractivity (Wildman–Crippen MR) is 73.8 cm³/mol. The third kappa shape index (κ3) is 2.41. The van der Waals surface area contributed by atoms with Gasteiger partial charge in [-0.15, -0.1) is 10.2 Å². The molecule has 0 radical (unpaired) electrons. The Morgan fingerprint density at radius 3 is 2.60 bits per heavy atom. The molecule has 0 bridgehead atoms. The van der Waals surface area contributed by atoms with Crippen LogP contribution in [0.3, 0.4) is 0 Å². The largest absolute Gasteiger partial charge is 0.341 e. The molecule has 20 heavy (non-hydrogen) atoms. The zero-order chi connectivity index (χ0) is 13.9. The lowest BCUT2D eigenvalue weighted by Crippen LogP contribution is -2.34. The van der Waals surface area contributed by atoms with E-state index >= 15 is 0 Å². The highest BCUT2D eigenvalue weighted by molar-refractivity contribution is 5.80. The fraction of sp³-hybridized carbons (Fsp3) is 0.429. The SMILES string of the molecule is CC(C(=O)N1CCCC1)n1nnc(-c2ccccc2)n1. The van der Waals surface area contributed by atoms with Gasteiger partial charge in [-0.25, -0.2) is 0 Å². The Morgan fingerprint density at radius 1 is 1.20 bits per heavy atom. The standard InChI is InChI=1S/C14H17N5O/c1-11(14(20)18-9-5-6-10-18)19-16-13(15-17-19)12-7-3-2-4-8-12/h2-4,7-8,11H,5-6,9-10H2,1H3. The van der Waals surface area contributed by atoms with Gasteiger partial charge in [0.25, 0.3) is 0 Å². The summed E-state index contributed by atoms with van der Waals surface area (Å²) in [5.41, 5.74) is 0.902. The predicted octanol–water partition coefficient (Wildman–Crippen LogP) is 1.52. The van der Waals surface area contributed by atoms with Crippen LogP contribution in [0.2, 0.25) is 0 Å². The minimum atomic E-state index is -0.405. The molecule has 1 amide bonds. The highest BCUT2D eigenvalue weighted by Crippen LogP contribution is 2.16. The maximum Gasteiger partial charge on any atom is 0.249 e. The van der Waals surface area contributed by atoms with E-state index < -0.39 is 6.04 Å². The van der Waals surface area contributed by atoms with Gasteiger partial charge in [-0.1, -0.05) is 30.3 Å². The van der Waals surface area contributed by atoms with Gasteiger partial charge in [0.1, 0.15) is 6.04 Å². The van der Waals surface area contributed by atoms with Crippen LogP contribution in [-0.4, -0.2) is 44.1 Å². The lowest BCUT2D eigenvalue weighted by molar-refractivity contribution is -0.133. The van der Waals surface area contributed by atoms with E-state index in [1.165, 1.54) is 4.80 Å². The molecule has 0 N–H and O–H groups in total. The van der Waals surface area contributed by atoms with Crippen LogP contribution in [-0.2, 0) is 4.79 Å². The molecule has 6 heteroatoms. The lowest BCUT2D eigenvalue weighted by Gasteiger charge is -2.18. The van der Waals surface area contributed by atoms with E-state index in [4.69, 9.17) is 0 Å². The summed E-state index contributed by atoms with van der Waals surface area (Å²) < 4.78 is 0. The molecule has 0 aliphatic carbocycles. The van der Waals surface area contributed by atoms with Gasteiger partial charge in [0.15, 0.2) is 0 Å². The molecule has 1 aromatic heterocycles. The second-order valence-electron chi connectivity index (χ2n) is 5.01. The number of nitrogens with zero attached hydrogens (tertiary/aromatic N) is 5. The number of likely N-dealkylation sites (tertiary alicyclic amines) is 1. The van der Waals surface area contributed by atoms with E-state index in [9.17, 15) is 4.79 Å². The van der Waals surface area contributed by atoms with Crippen molar-refractivity contribution in [2.75, 3.05) is 13.1 Å². The van der Waals surface area contributed by atoms with E-state index in [1.807, 2.05) is 42.2 Å². The first-order chi connectivity index (χ1) is 9.75. The molecule has 1 aromatic carbocycles. The zero-order valence-electron chi connectivity index (χ0n) is 11.4. The zero-order valence-corrected chi connectivity index (χ0v) is 11.4. The molecule has 2 heterocycles. The smallest absolute Gasteiger partial charge is 0.249 e. The number of carbonyl (C=O) groups excluding carboxylic acids is 1. The fourth-order valence-corrected chi connectivity index (χ4v) is 2.39. The summed E-state index contributed by atoms with van der Waals surface area (Å²) >= 11 is 0. The van der Waals surface area contributed by atoms with Crippen LogP contribution in [0.5, 0.6) is 0 Å². The van der Waals surface area contributed by atoms with Crippen molar-refractivity contribution in [1.29, 1.82) is 0 Å². The average Bonchev–Trinajstić information content (AvgIpc) is 3.18. The third-order valence-electron chi connectivity index (χ3n) is 3.58. The van der Waals surface area contributed by atoms with Gasteiger partial charge in [0.05, 0.1) is 0 Å². The van der Waals surface area contributed by atoms with Gasteiger partial charge in [-0.3, -0.25) is 4.79 Å². The number of hydrogen-bond acceptors (Lipinski definition) is 4. The number of amides is 1. The summed E-state index contributed by atoms with van der Waals surface area (Å²) in [4.78, 5) is 15.6. The van der Waals surface area contributed by atoms with E-state index in [0.29, 0.717) is 5.82 Å². The van der Waals surface area contributed by atoms with Crippen LogP contribution >= 0.6 is 0 Å². The molecule has 6 nitrogen and oxygen atoms in total. The Bertz CT molecular complexity index is 589. The topological polar surface area (TPSA) is 63.9 Å². The molecule has 1 aliphatic heterocycles. The second-order valence-corrected chi connectivity index (χ2v) is 5.01. The monoisotopic (exact) mass is 271 g/mol. The number of rotatable bonds is 3. The first kappa shape index (κ1) is 12.8. The van der Waals surface area contributed by atoms with Crippen LogP contribution in [0.25, 0.3) is 11.4 Å². The Kier molecular flexibility index (Phi) is 3.45. The molecule has 1 fully saturated rings. The normalized spacial score (nSPS) is 16.4. The molecule has 1 saturated heterocycles. The first-order valence-corrected chi connectivity index (χ1v) is 6.89. The van der Waals surface area contributed by atoms with Crippen LogP contribution in [0, 0.1) is 0 Å². The van der Waals surface area contributed by atoms with Crippen molar-refractivity contribution in [1.82, 2.24) is 25.1 Å². The Hall–Kier alpha value is -2.24. The Labute approximate surface area is 117 Å². The fourth-order valence-electron chi connectivity index (χ4n) is 2.39. The number of hydrogen-bond donors (Lipinski definition) is 0. The van der Waals surface area contributed by atoms with E-state index in [2.05, 4.69) is 15.4 Å². The lowest BCUT2D eigenvalue weighted by atomic mass is 10.2. The molecule has 0 spiro atoms. The van der Waals surface area contributed by atoms with Crippen molar-refractivity contribution in [3.63, 3.8) is 0 Å². The maximum atomic E-state index is 12.3. The third-order valence-corrected chi connectivity index (χ3v) is 3.58. The van der Waals surface area contributed by atoms with Crippen LogP contribution in [0.4, 0.5) is 0 Å².